The molecule has 0 amide bonds. The minimum absolute atomic E-state index is 0.131. The average molecular weight is 532 g/mol. The summed E-state index contributed by atoms with van der Waals surface area (Å²) in [6.07, 6.45) is 1.54. The number of benzene rings is 2. The maximum atomic E-state index is 12.9. The van der Waals surface area contributed by atoms with Gasteiger partial charge in [0.15, 0.2) is 0 Å². The molecule has 3 aromatic rings. The van der Waals surface area contributed by atoms with Gasteiger partial charge in [-0.3, -0.25) is 0 Å². The lowest BCUT2D eigenvalue weighted by molar-refractivity contribution is -0.138. The molecule has 164 valence electrons. The summed E-state index contributed by atoms with van der Waals surface area (Å²) in [4.78, 5) is 17.6. The quantitative estimate of drug-likeness (QED) is 0.229. The number of anilines is 1. The highest BCUT2D eigenvalue weighted by Crippen LogP contribution is 2.37. The van der Waals surface area contributed by atoms with Crippen molar-refractivity contribution >= 4 is 51.2 Å². The Morgan fingerprint density at radius 2 is 2.06 bits per heavy atom. The molecule has 0 saturated heterocycles. The number of hydrogen-bond donors (Lipinski definition) is 1. The van der Waals surface area contributed by atoms with Crippen LogP contribution in [0.3, 0.4) is 0 Å². The van der Waals surface area contributed by atoms with Crippen molar-refractivity contribution in [2.45, 2.75) is 23.9 Å². The summed E-state index contributed by atoms with van der Waals surface area (Å²) in [5, 5.41) is 9.21. The molecule has 32 heavy (non-hydrogen) atoms. The van der Waals surface area contributed by atoms with Crippen LogP contribution in [-0.2, 0) is 15.3 Å². The Bertz CT molecular complexity index is 1190. The molecule has 0 spiro atoms. The second-order valence-electron chi connectivity index (χ2n) is 7.05. The highest BCUT2D eigenvalue weighted by molar-refractivity contribution is 9.10. The summed E-state index contributed by atoms with van der Waals surface area (Å²) in [5.74, 6) is 0.777. The van der Waals surface area contributed by atoms with Gasteiger partial charge in [-0.25, -0.2) is 9.48 Å². The third-order valence-electron chi connectivity index (χ3n) is 4.89. The van der Waals surface area contributed by atoms with Crippen molar-refractivity contribution in [2.75, 3.05) is 11.9 Å². The Hall–Kier alpha value is -2.55. The van der Waals surface area contributed by atoms with E-state index in [0.29, 0.717) is 33.2 Å². The summed E-state index contributed by atoms with van der Waals surface area (Å²) in [6.45, 7) is 5.59. The van der Waals surface area contributed by atoms with Gasteiger partial charge < -0.3 is 10.1 Å². The topological polar surface area (TPSA) is 69.0 Å². The first-order valence-corrected chi connectivity index (χ1v) is 12.0. The summed E-state index contributed by atoms with van der Waals surface area (Å²) >= 11 is 11.2. The molecule has 1 unspecified atom stereocenters. The Kier molecular flexibility index (Phi) is 7.03. The van der Waals surface area contributed by atoms with Crippen molar-refractivity contribution < 1.29 is 9.53 Å². The van der Waals surface area contributed by atoms with Crippen LogP contribution in [0.25, 0.3) is 0 Å². The fourth-order valence-electron chi connectivity index (χ4n) is 3.38. The molecule has 0 bridgehead atoms. The molecule has 1 atom stereocenters. The number of nitrogens with zero attached hydrogens (tertiary/aromatic N) is 3. The van der Waals surface area contributed by atoms with Crippen molar-refractivity contribution in [3.05, 3.63) is 93.1 Å². The van der Waals surface area contributed by atoms with Crippen molar-refractivity contribution in [3.63, 3.8) is 0 Å². The van der Waals surface area contributed by atoms with Gasteiger partial charge >= 0.3 is 5.97 Å². The van der Waals surface area contributed by atoms with E-state index in [-0.39, 0.29) is 6.61 Å². The molecule has 0 aliphatic carbocycles. The number of nitrogens with one attached hydrogen (secondary N) is 1. The molecule has 1 aliphatic heterocycles. The molecular formula is C23H20BrClN4O2S. The van der Waals surface area contributed by atoms with Crippen LogP contribution < -0.4 is 5.32 Å². The first kappa shape index (κ1) is 22.6. The normalized spacial score (nSPS) is 15.2. The van der Waals surface area contributed by atoms with Crippen molar-refractivity contribution in [1.82, 2.24) is 14.8 Å². The third-order valence-corrected chi connectivity index (χ3v) is 6.67. The van der Waals surface area contributed by atoms with E-state index in [1.165, 1.54) is 11.8 Å². The molecule has 4 rings (SSSR count). The predicted octanol–water partition coefficient (Wildman–Crippen LogP) is 6.00. The van der Waals surface area contributed by atoms with Crippen molar-refractivity contribution in [3.8, 4) is 0 Å². The highest BCUT2D eigenvalue weighted by atomic mass is 79.9. The molecule has 2 aromatic carbocycles. The van der Waals surface area contributed by atoms with Crippen LogP contribution in [0.1, 0.15) is 24.1 Å². The molecule has 0 radical (unpaired) electrons. The van der Waals surface area contributed by atoms with Crippen molar-refractivity contribution in [1.29, 1.82) is 0 Å². The lowest BCUT2D eigenvalue weighted by atomic mass is 9.96. The highest BCUT2D eigenvalue weighted by Gasteiger charge is 2.35. The van der Waals surface area contributed by atoms with Gasteiger partial charge in [-0.2, -0.15) is 4.98 Å². The van der Waals surface area contributed by atoms with Gasteiger partial charge in [0, 0.05) is 20.9 Å². The SMILES string of the molecule is C=CCOC(=O)C1=C(C)Nc2nc(SCc3ccccc3Cl)nn2C1c1ccc(Br)cc1. The van der Waals surface area contributed by atoms with E-state index in [1.54, 1.807) is 10.8 Å². The average Bonchev–Trinajstić information content (AvgIpc) is 3.19. The number of rotatable bonds is 7. The molecule has 0 fully saturated rings. The standard InChI is InChI=1S/C23H20BrClN4O2S/c1-3-12-31-21(30)19-14(2)26-22-27-23(32-13-16-6-4-5-7-18(16)25)28-29(22)20(19)15-8-10-17(24)11-9-15/h3-11,20H,1,12-13H2,2H3,(H,26,27,28). The molecular weight excluding hydrogens is 512 g/mol. The van der Waals surface area contributed by atoms with Crippen LogP contribution in [0.5, 0.6) is 0 Å². The van der Waals surface area contributed by atoms with Crippen molar-refractivity contribution in [2.24, 2.45) is 0 Å². The summed E-state index contributed by atoms with van der Waals surface area (Å²) < 4.78 is 8.05. The van der Waals surface area contributed by atoms with Gasteiger partial charge in [-0.05, 0) is 36.2 Å². The van der Waals surface area contributed by atoms with E-state index in [1.807, 2.05) is 55.5 Å². The number of esters is 1. The lowest BCUT2D eigenvalue weighted by Crippen LogP contribution is -2.29. The van der Waals surface area contributed by atoms with E-state index in [4.69, 9.17) is 21.4 Å². The number of ether oxygens (including phenoxy) is 1. The third kappa shape index (κ3) is 4.77. The molecule has 1 aliphatic rings. The van der Waals surface area contributed by atoms with E-state index >= 15 is 0 Å². The first-order chi connectivity index (χ1) is 15.5. The largest absolute Gasteiger partial charge is 0.458 e. The number of aromatic nitrogens is 3. The molecule has 1 N–H and O–H groups in total. The van der Waals surface area contributed by atoms with E-state index in [0.717, 1.165) is 15.6 Å². The van der Waals surface area contributed by atoms with E-state index in [9.17, 15) is 4.79 Å². The van der Waals surface area contributed by atoms with Crippen LogP contribution in [-0.4, -0.2) is 27.3 Å². The van der Waals surface area contributed by atoms with E-state index in [2.05, 4.69) is 32.8 Å². The fraction of sp³-hybridized carbons (Fsp3) is 0.174. The molecule has 6 nitrogen and oxygen atoms in total. The second kappa shape index (κ2) is 9.94. The van der Waals surface area contributed by atoms with Crippen LogP contribution in [0.4, 0.5) is 5.95 Å². The first-order valence-electron chi connectivity index (χ1n) is 9.82. The number of carbonyl (C=O) groups is 1. The smallest absolute Gasteiger partial charge is 0.338 e. The maximum absolute atomic E-state index is 12.9. The van der Waals surface area contributed by atoms with Crippen LogP contribution in [0, 0.1) is 0 Å². The second-order valence-corrected chi connectivity index (χ2v) is 9.31. The molecule has 2 heterocycles. The number of fused-ring (bicyclic) bond motifs is 1. The van der Waals surface area contributed by atoms with Gasteiger partial charge in [0.2, 0.25) is 11.1 Å². The van der Waals surface area contributed by atoms with Crippen LogP contribution in [0.15, 0.2) is 82.1 Å². The molecule has 9 heteroatoms. The number of thioether (sulfide) groups is 1. The summed E-state index contributed by atoms with van der Waals surface area (Å²) in [7, 11) is 0. The Balaban J connectivity index is 1.69. The van der Waals surface area contributed by atoms with Gasteiger partial charge in [0.1, 0.15) is 12.6 Å². The van der Waals surface area contributed by atoms with Crippen LogP contribution in [0.2, 0.25) is 5.02 Å². The zero-order valence-corrected chi connectivity index (χ0v) is 20.4. The maximum Gasteiger partial charge on any atom is 0.338 e. The Morgan fingerprint density at radius 1 is 1.31 bits per heavy atom. The summed E-state index contributed by atoms with van der Waals surface area (Å²) in [6, 6.07) is 15.0. The fourth-order valence-corrected chi connectivity index (χ4v) is 4.76. The predicted molar refractivity (Wildman–Crippen MR) is 131 cm³/mol. The monoisotopic (exact) mass is 530 g/mol. The number of carbonyl (C=O) groups excluding carboxylic acids is 1. The molecule has 0 saturated carbocycles. The number of halogens is 2. The minimum atomic E-state index is -0.473. The van der Waals surface area contributed by atoms with Crippen LogP contribution >= 0.6 is 39.3 Å². The number of hydrogen-bond acceptors (Lipinski definition) is 6. The zero-order chi connectivity index (χ0) is 22.7. The number of allylic oxidation sites excluding steroid dienone is 1. The Morgan fingerprint density at radius 3 is 2.78 bits per heavy atom. The molecule has 1 aromatic heterocycles. The Labute approximate surface area is 203 Å². The van der Waals surface area contributed by atoms with Gasteiger partial charge in [0.25, 0.3) is 0 Å². The van der Waals surface area contributed by atoms with Gasteiger partial charge in [-0.1, -0.05) is 82.3 Å². The minimum Gasteiger partial charge on any atom is -0.458 e. The summed E-state index contributed by atoms with van der Waals surface area (Å²) in [5.41, 5.74) is 3.06. The van der Waals surface area contributed by atoms with E-state index < -0.39 is 12.0 Å². The van der Waals surface area contributed by atoms with Gasteiger partial charge in [-0.15, -0.1) is 5.10 Å². The lowest BCUT2D eigenvalue weighted by Gasteiger charge is -2.28. The van der Waals surface area contributed by atoms with Gasteiger partial charge in [0.05, 0.1) is 5.57 Å². The zero-order valence-electron chi connectivity index (χ0n) is 17.2.